The molecule has 0 aliphatic rings. The van der Waals surface area contributed by atoms with Gasteiger partial charge in [0, 0.05) is 0 Å². The van der Waals surface area contributed by atoms with Gasteiger partial charge < -0.3 is 0 Å². The van der Waals surface area contributed by atoms with E-state index in [-0.39, 0.29) is 45.2 Å². The fourth-order valence-electron chi connectivity index (χ4n) is 3.12. The van der Waals surface area contributed by atoms with E-state index in [1.807, 2.05) is 42.5 Å². The van der Waals surface area contributed by atoms with Crippen molar-refractivity contribution in [2.75, 3.05) is 21.0 Å². The molecule has 0 saturated carbocycles. The molecule has 2 aromatic carbocycles. The number of carbonyl (C=O) groups is 1. The van der Waals surface area contributed by atoms with Gasteiger partial charge in [-0.05, 0) is 0 Å². The van der Waals surface area contributed by atoms with Gasteiger partial charge in [-0.2, -0.15) is 0 Å². The Morgan fingerprint density at radius 1 is 1.07 bits per heavy atom. The van der Waals surface area contributed by atoms with E-state index in [0.29, 0.717) is 0 Å². The van der Waals surface area contributed by atoms with Crippen LogP contribution in [0.4, 0.5) is 0 Å². The maximum atomic E-state index is 11.6. The molecule has 0 bridgehead atoms. The Hall–Kier alpha value is -1.69. The van der Waals surface area contributed by atoms with Crippen molar-refractivity contribution >= 4 is 25.4 Å². The molecule has 152 valence electrons. The molecule has 0 heterocycles. The number of methoxy groups -OCH3 is 2. The van der Waals surface area contributed by atoms with Gasteiger partial charge in [-0.15, -0.1) is 0 Å². The zero-order chi connectivity index (χ0) is 20.4. The van der Waals surface area contributed by atoms with Gasteiger partial charge in [0.05, 0.1) is 0 Å². The molecule has 0 spiro atoms. The number of aliphatic carboxylic acids is 1. The fourth-order valence-corrected chi connectivity index (χ4v) is 6.14. The van der Waals surface area contributed by atoms with E-state index < -0.39 is 5.97 Å². The Kier molecular flexibility index (Phi) is 9.68. The van der Waals surface area contributed by atoms with Gasteiger partial charge in [0.2, 0.25) is 0 Å². The summed E-state index contributed by atoms with van der Waals surface area (Å²) in [5.74, 6) is -0.815. The Bertz CT molecular complexity index is 722. The van der Waals surface area contributed by atoms with Crippen LogP contribution in [0.2, 0.25) is 4.82 Å². The number of benzene rings is 2. The number of carboxylic acid groups (broad SMARTS) is 1. The molecule has 0 unspecified atom stereocenters. The fraction of sp³-hybridized carbons (Fsp3) is 0.409. The van der Waals surface area contributed by atoms with E-state index in [2.05, 4.69) is 19.1 Å². The van der Waals surface area contributed by atoms with Crippen LogP contribution in [0.5, 0.6) is 0 Å². The van der Waals surface area contributed by atoms with Crippen LogP contribution in [0.1, 0.15) is 43.1 Å². The molecule has 2 rings (SSSR count). The monoisotopic (exact) mass is 452 g/mol. The second kappa shape index (κ2) is 12.0. The van der Waals surface area contributed by atoms with Crippen LogP contribution >= 0.6 is 0 Å². The van der Waals surface area contributed by atoms with Crippen LogP contribution < -0.4 is 4.46 Å². The molecular formula is C22H28O5Se. The normalized spacial score (nSPS) is 14.4. The zero-order valence-electron chi connectivity index (χ0n) is 16.5. The number of carboxylic acids is 1. The molecule has 3 atom stereocenters. The molecule has 0 amide bonds. The summed E-state index contributed by atoms with van der Waals surface area (Å²) >= 11 is -0.116. The Labute approximate surface area is 173 Å². The molecule has 0 aliphatic carbocycles. The third kappa shape index (κ3) is 6.43. The van der Waals surface area contributed by atoms with E-state index in [1.165, 1.54) is 0 Å². The van der Waals surface area contributed by atoms with Crippen molar-refractivity contribution in [3.8, 4) is 0 Å². The summed E-state index contributed by atoms with van der Waals surface area (Å²) in [7, 11) is 3.25. The third-order valence-electron chi connectivity index (χ3n) is 4.40. The topological polar surface area (TPSA) is 65.0 Å². The summed E-state index contributed by atoms with van der Waals surface area (Å²) in [6.45, 7) is 2.30. The molecule has 0 radical (unpaired) electrons. The maximum absolute atomic E-state index is 11.6. The molecule has 1 N–H and O–H groups in total. The van der Waals surface area contributed by atoms with Gasteiger partial charge in [-0.25, -0.2) is 0 Å². The number of ether oxygens (including phenoxy) is 3. The van der Waals surface area contributed by atoms with E-state index in [0.717, 1.165) is 22.0 Å². The van der Waals surface area contributed by atoms with E-state index in [4.69, 9.17) is 14.2 Å². The van der Waals surface area contributed by atoms with Crippen molar-refractivity contribution in [1.29, 1.82) is 0 Å². The first-order valence-corrected chi connectivity index (χ1v) is 11.1. The van der Waals surface area contributed by atoms with Gasteiger partial charge in [-0.3, -0.25) is 0 Å². The Morgan fingerprint density at radius 2 is 1.75 bits per heavy atom. The van der Waals surface area contributed by atoms with Gasteiger partial charge in [0.15, 0.2) is 0 Å². The van der Waals surface area contributed by atoms with Crippen LogP contribution in [-0.2, 0) is 19.0 Å². The summed E-state index contributed by atoms with van der Waals surface area (Å²) < 4.78 is 17.8. The van der Waals surface area contributed by atoms with Crippen molar-refractivity contribution < 1.29 is 24.1 Å². The van der Waals surface area contributed by atoms with Gasteiger partial charge >= 0.3 is 173 Å². The van der Waals surface area contributed by atoms with Crippen LogP contribution in [-0.4, -0.2) is 47.0 Å². The standard InChI is InChI=1S/C22H28O5Se/c1-4-18(27-15-25-2)17-12-8-9-13-19(17)28-20(14-21(23)24)22(26-3)16-10-6-5-7-11-16/h5-13,18,20,22H,4,14-15H2,1-3H3,(H,23,24)/t18-,20+,22-/m0/s1. The van der Waals surface area contributed by atoms with Crippen LogP contribution in [0.25, 0.3) is 0 Å². The first kappa shape index (κ1) is 22.6. The number of rotatable bonds is 12. The first-order valence-electron chi connectivity index (χ1n) is 9.26. The molecule has 2 aromatic rings. The quantitative estimate of drug-likeness (QED) is 0.394. The molecule has 0 aromatic heterocycles. The molecule has 0 aliphatic heterocycles. The van der Waals surface area contributed by atoms with Gasteiger partial charge in [0.25, 0.3) is 0 Å². The second-order valence-corrected chi connectivity index (χ2v) is 9.02. The summed E-state index contributed by atoms with van der Waals surface area (Å²) in [6, 6.07) is 17.9. The average molecular weight is 451 g/mol. The van der Waals surface area contributed by atoms with Crippen LogP contribution in [0.15, 0.2) is 54.6 Å². The SMILES string of the molecule is CC[C@H](OCOC)c1ccccc1[Se][C@H](CC(=O)O)[C@@H](OC)c1ccccc1. The Balaban J connectivity index is 2.33. The minimum absolute atomic E-state index is 0.0530. The van der Waals surface area contributed by atoms with Crippen molar-refractivity contribution in [3.05, 3.63) is 65.7 Å². The summed E-state index contributed by atoms with van der Waals surface area (Å²) in [4.78, 5) is 11.4. The molecule has 0 saturated heterocycles. The molecular weight excluding hydrogens is 423 g/mol. The predicted molar refractivity (Wildman–Crippen MR) is 110 cm³/mol. The minimum atomic E-state index is -0.815. The molecule has 28 heavy (non-hydrogen) atoms. The van der Waals surface area contributed by atoms with E-state index in [1.54, 1.807) is 14.2 Å². The molecule has 6 heteroatoms. The van der Waals surface area contributed by atoms with Crippen molar-refractivity contribution in [1.82, 2.24) is 0 Å². The van der Waals surface area contributed by atoms with Crippen molar-refractivity contribution in [2.45, 2.75) is 36.8 Å². The summed E-state index contributed by atoms with van der Waals surface area (Å²) in [5, 5.41) is 9.51. The van der Waals surface area contributed by atoms with Crippen molar-refractivity contribution in [2.24, 2.45) is 0 Å². The first-order chi connectivity index (χ1) is 13.6. The second-order valence-electron chi connectivity index (χ2n) is 6.33. The predicted octanol–water partition coefficient (Wildman–Crippen LogP) is 3.74. The van der Waals surface area contributed by atoms with Gasteiger partial charge in [-0.1, -0.05) is 0 Å². The van der Waals surface area contributed by atoms with E-state index >= 15 is 0 Å². The molecule has 5 nitrogen and oxygen atoms in total. The summed E-state index contributed by atoms with van der Waals surface area (Å²) in [5.41, 5.74) is 2.10. The molecule has 0 fully saturated rings. The van der Waals surface area contributed by atoms with Crippen LogP contribution in [0, 0.1) is 0 Å². The summed E-state index contributed by atoms with van der Waals surface area (Å²) in [6.07, 6.45) is 0.510. The van der Waals surface area contributed by atoms with Gasteiger partial charge in [0.1, 0.15) is 0 Å². The van der Waals surface area contributed by atoms with E-state index in [9.17, 15) is 9.90 Å². The average Bonchev–Trinajstić information content (AvgIpc) is 2.70. The van der Waals surface area contributed by atoms with Crippen LogP contribution in [0.3, 0.4) is 0 Å². The Morgan fingerprint density at radius 3 is 2.36 bits per heavy atom. The zero-order valence-corrected chi connectivity index (χ0v) is 18.3. The number of hydrogen-bond acceptors (Lipinski definition) is 4. The number of hydrogen-bond donors (Lipinski definition) is 1. The third-order valence-corrected chi connectivity index (χ3v) is 7.21. The van der Waals surface area contributed by atoms with Crippen molar-refractivity contribution in [3.63, 3.8) is 0 Å².